The molecule has 0 aliphatic heterocycles. The van der Waals surface area contributed by atoms with E-state index in [9.17, 15) is 4.79 Å². The average Bonchev–Trinajstić information content (AvgIpc) is 3.29. The van der Waals surface area contributed by atoms with Gasteiger partial charge < -0.3 is 14.6 Å². The molecule has 2 aromatic carbocycles. The Bertz CT molecular complexity index is 1140. The smallest absolute Gasteiger partial charge is 0.258 e. The van der Waals surface area contributed by atoms with E-state index in [1.165, 1.54) is 5.56 Å². The Balaban J connectivity index is 1.33. The Morgan fingerprint density at radius 2 is 1.81 bits per heavy atom. The molecule has 7 heteroatoms. The lowest BCUT2D eigenvalue weighted by atomic mass is 10.1. The van der Waals surface area contributed by atoms with Crippen LogP contribution in [-0.4, -0.2) is 27.6 Å². The minimum absolute atomic E-state index is 0.0813. The number of pyridine rings is 1. The Labute approximate surface area is 180 Å². The van der Waals surface area contributed by atoms with Crippen molar-refractivity contribution < 1.29 is 14.1 Å². The summed E-state index contributed by atoms with van der Waals surface area (Å²) in [6.07, 6.45) is 3.43. The molecule has 0 saturated carbocycles. The first kappa shape index (κ1) is 20.3. The summed E-state index contributed by atoms with van der Waals surface area (Å²) < 4.78 is 11.0. The third-order valence-corrected chi connectivity index (χ3v) is 4.77. The number of nitrogens with zero attached hydrogens (tertiary/aromatic N) is 3. The predicted octanol–water partition coefficient (Wildman–Crippen LogP) is 4.36. The third-order valence-electron chi connectivity index (χ3n) is 4.77. The van der Waals surface area contributed by atoms with Gasteiger partial charge in [0.1, 0.15) is 5.75 Å². The van der Waals surface area contributed by atoms with Crippen LogP contribution in [0.15, 0.2) is 77.6 Å². The van der Waals surface area contributed by atoms with E-state index >= 15 is 0 Å². The van der Waals surface area contributed by atoms with Crippen LogP contribution in [0, 0.1) is 6.92 Å². The molecular formula is C24H22N4O3. The third kappa shape index (κ3) is 5.14. The summed E-state index contributed by atoms with van der Waals surface area (Å²) >= 11 is 0. The lowest BCUT2D eigenvalue weighted by molar-refractivity contribution is -0.123. The summed E-state index contributed by atoms with van der Waals surface area (Å²) in [5, 5.41) is 6.94. The number of aromatic nitrogens is 3. The molecule has 0 unspecified atom stereocenters. The quantitative estimate of drug-likeness (QED) is 0.483. The molecule has 2 heterocycles. The van der Waals surface area contributed by atoms with Gasteiger partial charge in [0, 0.05) is 23.5 Å². The van der Waals surface area contributed by atoms with Gasteiger partial charge in [0.05, 0.1) is 6.04 Å². The van der Waals surface area contributed by atoms with E-state index < -0.39 is 0 Å². The van der Waals surface area contributed by atoms with Crippen molar-refractivity contribution in [2.75, 3.05) is 6.61 Å². The molecule has 156 valence electrons. The molecule has 0 spiro atoms. The summed E-state index contributed by atoms with van der Waals surface area (Å²) in [5.74, 6) is 1.33. The highest BCUT2D eigenvalue weighted by atomic mass is 16.5. The standard InChI is InChI=1S/C24H22N4O3/c1-16-5-7-18(8-6-16)23-27-24(31-28-23)19-9-11-21(12-10-19)30-15-22(29)26-17(2)20-4-3-13-25-14-20/h3-14,17H,15H2,1-2H3,(H,26,29)/t17-/m1/s1. The number of benzene rings is 2. The number of nitrogens with one attached hydrogen (secondary N) is 1. The molecule has 2 aromatic heterocycles. The molecule has 1 atom stereocenters. The van der Waals surface area contributed by atoms with Crippen molar-refractivity contribution in [2.45, 2.75) is 19.9 Å². The van der Waals surface area contributed by atoms with Gasteiger partial charge in [-0.1, -0.05) is 41.1 Å². The van der Waals surface area contributed by atoms with Crippen molar-refractivity contribution in [3.8, 4) is 28.6 Å². The van der Waals surface area contributed by atoms with Crippen molar-refractivity contribution in [2.24, 2.45) is 0 Å². The lowest BCUT2D eigenvalue weighted by Gasteiger charge is -2.14. The van der Waals surface area contributed by atoms with Crippen molar-refractivity contribution in [1.29, 1.82) is 0 Å². The van der Waals surface area contributed by atoms with Crippen molar-refractivity contribution in [3.63, 3.8) is 0 Å². The topological polar surface area (TPSA) is 90.1 Å². The Morgan fingerprint density at radius 1 is 1.06 bits per heavy atom. The second-order valence-corrected chi connectivity index (χ2v) is 7.18. The van der Waals surface area contributed by atoms with Crippen LogP contribution in [0.5, 0.6) is 5.75 Å². The van der Waals surface area contributed by atoms with Gasteiger partial charge in [0.2, 0.25) is 5.82 Å². The summed E-state index contributed by atoms with van der Waals surface area (Å²) in [7, 11) is 0. The normalized spacial score (nSPS) is 11.7. The second kappa shape index (κ2) is 9.21. The first-order chi connectivity index (χ1) is 15.1. The first-order valence-electron chi connectivity index (χ1n) is 9.92. The monoisotopic (exact) mass is 414 g/mol. The number of hydrogen-bond donors (Lipinski definition) is 1. The molecule has 0 saturated heterocycles. The van der Waals surface area contributed by atoms with Gasteiger partial charge in [-0.15, -0.1) is 0 Å². The number of carbonyl (C=O) groups excluding carboxylic acids is 1. The molecule has 7 nitrogen and oxygen atoms in total. The highest BCUT2D eigenvalue weighted by Crippen LogP contribution is 2.24. The molecule has 31 heavy (non-hydrogen) atoms. The van der Waals surface area contributed by atoms with Crippen LogP contribution in [0.1, 0.15) is 24.1 Å². The van der Waals surface area contributed by atoms with E-state index in [0.717, 1.165) is 16.7 Å². The van der Waals surface area contributed by atoms with E-state index in [2.05, 4.69) is 20.4 Å². The maximum Gasteiger partial charge on any atom is 0.258 e. The minimum Gasteiger partial charge on any atom is -0.484 e. The summed E-state index contributed by atoms with van der Waals surface area (Å²) in [6.45, 7) is 3.85. The number of carbonyl (C=O) groups is 1. The van der Waals surface area contributed by atoms with Crippen LogP contribution in [0.2, 0.25) is 0 Å². The highest BCUT2D eigenvalue weighted by Gasteiger charge is 2.12. The maximum absolute atomic E-state index is 12.2. The number of ether oxygens (including phenoxy) is 1. The Morgan fingerprint density at radius 3 is 2.52 bits per heavy atom. The van der Waals surface area contributed by atoms with Crippen molar-refractivity contribution in [1.82, 2.24) is 20.4 Å². The zero-order valence-electron chi connectivity index (χ0n) is 17.3. The highest BCUT2D eigenvalue weighted by molar-refractivity contribution is 5.78. The summed E-state index contributed by atoms with van der Waals surface area (Å²) in [5.41, 5.74) is 3.77. The van der Waals surface area contributed by atoms with Gasteiger partial charge in [-0.3, -0.25) is 9.78 Å². The van der Waals surface area contributed by atoms with Gasteiger partial charge >= 0.3 is 0 Å². The largest absolute Gasteiger partial charge is 0.484 e. The number of rotatable bonds is 7. The molecule has 0 radical (unpaired) electrons. The van der Waals surface area contributed by atoms with Gasteiger partial charge in [-0.2, -0.15) is 4.98 Å². The zero-order valence-corrected chi connectivity index (χ0v) is 17.3. The average molecular weight is 414 g/mol. The second-order valence-electron chi connectivity index (χ2n) is 7.18. The van der Waals surface area contributed by atoms with E-state index in [0.29, 0.717) is 17.5 Å². The Hall–Kier alpha value is -4.00. The van der Waals surface area contributed by atoms with Crippen LogP contribution in [0.25, 0.3) is 22.8 Å². The number of aryl methyl sites for hydroxylation is 1. The van der Waals surface area contributed by atoms with Crippen LogP contribution >= 0.6 is 0 Å². The molecule has 0 aliphatic rings. The SMILES string of the molecule is Cc1ccc(-c2noc(-c3ccc(OCC(=O)N[C@H](C)c4cccnc4)cc3)n2)cc1. The van der Waals surface area contributed by atoms with E-state index in [-0.39, 0.29) is 18.6 Å². The van der Waals surface area contributed by atoms with E-state index in [4.69, 9.17) is 9.26 Å². The van der Waals surface area contributed by atoms with E-state index in [1.807, 2.05) is 62.4 Å². The fraction of sp³-hybridized carbons (Fsp3) is 0.167. The Kier molecular flexibility index (Phi) is 6.03. The van der Waals surface area contributed by atoms with Gasteiger partial charge in [0.15, 0.2) is 6.61 Å². The molecule has 0 aliphatic carbocycles. The van der Waals surface area contributed by atoms with Crippen LogP contribution in [0.3, 0.4) is 0 Å². The molecule has 1 amide bonds. The fourth-order valence-electron chi connectivity index (χ4n) is 3.00. The lowest BCUT2D eigenvalue weighted by Crippen LogP contribution is -2.31. The molecule has 0 bridgehead atoms. The van der Waals surface area contributed by atoms with Crippen LogP contribution < -0.4 is 10.1 Å². The minimum atomic E-state index is -0.208. The first-order valence-corrected chi connectivity index (χ1v) is 9.92. The summed E-state index contributed by atoms with van der Waals surface area (Å²) in [6, 6.07) is 18.7. The molecule has 4 rings (SSSR count). The number of hydrogen-bond acceptors (Lipinski definition) is 6. The zero-order chi connectivity index (χ0) is 21.6. The van der Waals surface area contributed by atoms with Gasteiger partial charge in [-0.25, -0.2) is 0 Å². The molecular weight excluding hydrogens is 392 g/mol. The van der Waals surface area contributed by atoms with Crippen LogP contribution in [-0.2, 0) is 4.79 Å². The molecule has 0 fully saturated rings. The van der Waals surface area contributed by atoms with Crippen molar-refractivity contribution >= 4 is 5.91 Å². The number of amides is 1. The maximum atomic E-state index is 12.2. The predicted molar refractivity (Wildman–Crippen MR) is 116 cm³/mol. The fourth-order valence-corrected chi connectivity index (χ4v) is 3.00. The van der Waals surface area contributed by atoms with Gasteiger partial charge in [0.25, 0.3) is 11.8 Å². The van der Waals surface area contributed by atoms with Crippen LogP contribution in [0.4, 0.5) is 0 Å². The molecule has 1 N–H and O–H groups in total. The van der Waals surface area contributed by atoms with Crippen molar-refractivity contribution in [3.05, 3.63) is 84.2 Å². The molecule has 4 aromatic rings. The summed E-state index contributed by atoms with van der Waals surface area (Å²) in [4.78, 5) is 20.7. The van der Waals surface area contributed by atoms with Gasteiger partial charge in [-0.05, 0) is 49.7 Å². The van der Waals surface area contributed by atoms with E-state index in [1.54, 1.807) is 24.5 Å².